The van der Waals surface area contributed by atoms with Crippen LogP contribution in [0.3, 0.4) is 0 Å². The summed E-state index contributed by atoms with van der Waals surface area (Å²) in [6, 6.07) is -0.00699. The van der Waals surface area contributed by atoms with Crippen LogP contribution in [0, 0.1) is 0 Å². The molecule has 2 heteroatoms. The van der Waals surface area contributed by atoms with Crippen molar-refractivity contribution in [2.75, 3.05) is 6.61 Å². The third-order valence-corrected chi connectivity index (χ3v) is 2.34. The lowest BCUT2D eigenvalue weighted by atomic mass is 9.88. The summed E-state index contributed by atoms with van der Waals surface area (Å²) in [4.78, 5) is 0. The maximum absolute atomic E-state index is 5.95. The summed E-state index contributed by atoms with van der Waals surface area (Å²) >= 11 is 0. The molecule has 12 heavy (non-hydrogen) atoms. The average molecular weight is 167 g/mol. The second-order valence-electron chi connectivity index (χ2n) is 3.01. The van der Waals surface area contributed by atoms with Crippen LogP contribution in [0.15, 0.2) is 24.3 Å². The summed E-state index contributed by atoms with van der Waals surface area (Å²) in [5, 5.41) is 0. The van der Waals surface area contributed by atoms with Gasteiger partial charge in [-0.3, -0.25) is 0 Å². The SMILES string of the molecule is CCOC1(CC)C=CC=CC1N. The summed E-state index contributed by atoms with van der Waals surface area (Å²) in [5.74, 6) is 0. The molecule has 0 aromatic carbocycles. The number of allylic oxidation sites excluding steroid dienone is 2. The fourth-order valence-electron chi connectivity index (χ4n) is 1.54. The highest BCUT2D eigenvalue weighted by molar-refractivity contribution is 5.24. The Balaban J connectivity index is 2.77. The van der Waals surface area contributed by atoms with E-state index >= 15 is 0 Å². The lowest BCUT2D eigenvalue weighted by Gasteiger charge is -2.35. The average Bonchev–Trinajstić information content (AvgIpc) is 2.10. The zero-order valence-corrected chi connectivity index (χ0v) is 7.79. The van der Waals surface area contributed by atoms with Gasteiger partial charge in [0.1, 0.15) is 5.60 Å². The molecule has 68 valence electrons. The Bertz CT molecular complexity index is 198. The molecule has 1 aliphatic rings. The molecule has 0 saturated heterocycles. The molecule has 0 amide bonds. The van der Waals surface area contributed by atoms with Crippen molar-refractivity contribution in [3.63, 3.8) is 0 Å². The minimum Gasteiger partial charge on any atom is -0.369 e. The van der Waals surface area contributed by atoms with Gasteiger partial charge in [0.25, 0.3) is 0 Å². The number of hydrogen-bond acceptors (Lipinski definition) is 2. The van der Waals surface area contributed by atoms with Crippen LogP contribution >= 0.6 is 0 Å². The minimum atomic E-state index is -0.260. The van der Waals surface area contributed by atoms with E-state index in [9.17, 15) is 0 Å². The van der Waals surface area contributed by atoms with Crippen molar-refractivity contribution >= 4 is 0 Å². The van der Waals surface area contributed by atoms with Gasteiger partial charge in [-0.1, -0.05) is 31.2 Å². The Morgan fingerprint density at radius 1 is 1.42 bits per heavy atom. The molecule has 1 rings (SSSR count). The number of ether oxygens (including phenoxy) is 1. The first kappa shape index (κ1) is 9.49. The van der Waals surface area contributed by atoms with Crippen molar-refractivity contribution in [3.05, 3.63) is 24.3 Å². The minimum absolute atomic E-state index is 0.00699. The van der Waals surface area contributed by atoms with Gasteiger partial charge in [0.05, 0.1) is 6.04 Å². The van der Waals surface area contributed by atoms with E-state index in [-0.39, 0.29) is 11.6 Å². The summed E-state index contributed by atoms with van der Waals surface area (Å²) in [6.45, 7) is 4.80. The Hall–Kier alpha value is -0.600. The van der Waals surface area contributed by atoms with E-state index in [1.165, 1.54) is 0 Å². The lowest BCUT2D eigenvalue weighted by Crippen LogP contribution is -2.48. The second kappa shape index (κ2) is 3.87. The van der Waals surface area contributed by atoms with Crippen LogP contribution in [0.1, 0.15) is 20.3 Å². The third kappa shape index (κ3) is 1.59. The van der Waals surface area contributed by atoms with Crippen molar-refractivity contribution in [2.24, 2.45) is 5.73 Å². The van der Waals surface area contributed by atoms with Gasteiger partial charge in [-0.05, 0) is 13.3 Å². The standard InChI is InChI=1S/C10H17NO/c1-3-10(12-4-2)8-6-5-7-9(10)11/h5-9H,3-4,11H2,1-2H3. The zero-order valence-electron chi connectivity index (χ0n) is 7.79. The summed E-state index contributed by atoms with van der Waals surface area (Å²) < 4.78 is 5.67. The number of nitrogens with two attached hydrogens (primary N) is 1. The van der Waals surface area contributed by atoms with Gasteiger partial charge in [0.15, 0.2) is 0 Å². The first-order valence-electron chi connectivity index (χ1n) is 4.50. The van der Waals surface area contributed by atoms with Gasteiger partial charge in [-0.15, -0.1) is 0 Å². The van der Waals surface area contributed by atoms with Gasteiger partial charge < -0.3 is 10.5 Å². The van der Waals surface area contributed by atoms with Crippen molar-refractivity contribution in [1.29, 1.82) is 0 Å². The van der Waals surface area contributed by atoms with Crippen LogP contribution < -0.4 is 5.73 Å². The van der Waals surface area contributed by atoms with Crippen LogP contribution in [0.5, 0.6) is 0 Å². The van der Waals surface area contributed by atoms with E-state index < -0.39 is 0 Å². The predicted octanol–water partition coefficient (Wildman–Crippen LogP) is 1.62. The van der Waals surface area contributed by atoms with Crippen LogP contribution in [0.25, 0.3) is 0 Å². The van der Waals surface area contributed by atoms with Crippen molar-refractivity contribution < 1.29 is 4.74 Å². The molecular weight excluding hydrogens is 150 g/mol. The van der Waals surface area contributed by atoms with E-state index in [0.29, 0.717) is 6.61 Å². The van der Waals surface area contributed by atoms with Gasteiger partial charge >= 0.3 is 0 Å². The van der Waals surface area contributed by atoms with Crippen molar-refractivity contribution in [3.8, 4) is 0 Å². The molecule has 2 unspecified atom stereocenters. The van der Waals surface area contributed by atoms with E-state index in [1.54, 1.807) is 0 Å². The van der Waals surface area contributed by atoms with Gasteiger partial charge in [-0.2, -0.15) is 0 Å². The van der Waals surface area contributed by atoms with Crippen molar-refractivity contribution in [1.82, 2.24) is 0 Å². The number of hydrogen-bond donors (Lipinski definition) is 1. The fraction of sp³-hybridized carbons (Fsp3) is 0.600. The fourth-order valence-corrected chi connectivity index (χ4v) is 1.54. The molecule has 0 fully saturated rings. The number of rotatable bonds is 3. The first-order valence-corrected chi connectivity index (χ1v) is 4.50. The molecule has 0 aromatic rings. The highest BCUT2D eigenvalue weighted by Gasteiger charge is 2.32. The Morgan fingerprint density at radius 3 is 2.67 bits per heavy atom. The maximum atomic E-state index is 5.95. The van der Waals surface area contributed by atoms with E-state index in [1.807, 2.05) is 25.2 Å². The van der Waals surface area contributed by atoms with E-state index in [4.69, 9.17) is 10.5 Å². The maximum Gasteiger partial charge on any atom is 0.105 e. The molecule has 1 aliphatic carbocycles. The lowest BCUT2D eigenvalue weighted by molar-refractivity contribution is -0.0134. The molecule has 0 aliphatic heterocycles. The van der Waals surface area contributed by atoms with Crippen LogP contribution in [-0.4, -0.2) is 18.2 Å². The summed E-state index contributed by atoms with van der Waals surface area (Å²) in [6.07, 6.45) is 8.93. The highest BCUT2D eigenvalue weighted by Crippen LogP contribution is 2.24. The van der Waals surface area contributed by atoms with Crippen LogP contribution in [-0.2, 0) is 4.74 Å². The Morgan fingerprint density at radius 2 is 2.17 bits per heavy atom. The zero-order chi connectivity index (χ0) is 9.03. The summed E-state index contributed by atoms with van der Waals surface area (Å²) in [7, 11) is 0. The molecule has 0 bridgehead atoms. The first-order chi connectivity index (χ1) is 5.75. The molecule has 0 radical (unpaired) electrons. The molecule has 0 spiro atoms. The summed E-state index contributed by atoms with van der Waals surface area (Å²) in [5.41, 5.74) is 5.69. The quantitative estimate of drug-likeness (QED) is 0.693. The van der Waals surface area contributed by atoms with Crippen LogP contribution in [0.4, 0.5) is 0 Å². The Labute approximate surface area is 74.1 Å². The molecule has 2 N–H and O–H groups in total. The normalized spacial score (nSPS) is 34.1. The molecule has 0 heterocycles. The monoisotopic (exact) mass is 167 g/mol. The molecule has 0 aromatic heterocycles. The Kier molecular flexibility index (Phi) is 3.06. The molecule has 2 atom stereocenters. The third-order valence-electron chi connectivity index (χ3n) is 2.34. The smallest absolute Gasteiger partial charge is 0.105 e. The van der Waals surface area contributed by atoms with Gasteiger partial charge in [-0.25, -0.2) is 0 Å². The van der Waals surface area contributed by atoms with E-state index in [2.05, 4.69) is 13.0 Å². The van der Waals surface area contributed by atoms with Gasteiger partial charge in [0.2, 0.25) is 0 Å². The second-order valence-corrected chi connectivity index (χ2v) is 3.01. The predicted molar refractivity (Wildman–Crippen MR) is 50.9 cm³/mol. The molecular formula is C10H17NO. The molecule has 0 saturated carbocycles. The topological polar surface area (TPSA) is 35.2 Å². The highest BCUT2D eigenvalue weighted by atomic mass is 16.5. The largest absolute Gasteiger partial charge is 0.369 e. The van der Waals surface area contributed by atoms with Gasteiger partial charge in [0, 0.05) is 6.61 Å². The van der Waals surface area contributed by atoms with E-state index in [0.717, 1.165) is 6.42 Å². The van der Waals surface area contributed by atoms with Crippen LogP contribution in [0.2, 0.25) is 0 Å². The van der Waals surface area contributed by atoms with Crippen molar-refractivity contribution in [2.45, 2.75) is 31.9 Å². The molecule has 2 nitrogen and oxygen atoms in total.